The summed E-state index contributed by atoms with van der Waals surface area (Å²) >= 11 is 0. The van der Waals surface area contributed by atoms with Gasteiger partial charge in [-0.15, -0.1) is 0 Å². The lowest BCUT2D eigenvalue weighted by molar-refractivity contribution is -0.117. The zero-order chi connectivity index (χ0) is 23.2. The molecule has 0 spiro atoms. The molecule has 4 aromatic rings. The molecule has 1 atom stereocenters. The molecule has 0 bridgehead atoms. The van der Waals surface area contributed by atoms with Crippen molar-refractivity contribution in [2.75, 3.05) is 10.6 Å². The van der Waals surface area contributed by atoms with E-state index in [1.807, 2.05) is 47.1 Å². The van der Waals surface area contributed by atoms with Gasteiger partial charge in [0.25, 0.3) is 0 Å². The summed E-state index contributed by atoms with van der Waals surface area (Å²) < 4.78 is 1.89. The Morgan fingerprint density at radius 1 is 1.15 bits per heavy atom. The molecule has 33 heavy (non-hydrogen) atoms. The van der Waals surface area contributed by atoms with Gasteiger partial charge in [-0.3, -0.25) is 4.79 Å². The number of nitrogens with one attached hydrogen (secondary N) is 2. The minimum atomic E-state index is -0.582. The summed E-state index contributed by atoms with van der Waals surface area (Å²) in [6, 6.07) is 15.7. The van der Waals surface area contributed by atoms with Crippen molar-refractivity contribution in [1.82, 2.24) is 19.4 Å². The largest absolute Gasteiger partial charge is 0.389 e. The average Bonchev–Trinajstić information content (AvgIpc) is 3.58. The third-order valence-corrected chi connectivity index (χ3v) is 5.27. The summed E-state index contributed by atoms with van der Waals surface area (Å²) in [7, 11) is 0. The predicted octanol–water partition coefficient (Wildman–Crippen LogP) is 4.13. The first-order valence-corrected chi connectivity index (χ1v) is 11.0. The maximum atomic E-state index is 11.8. The minimum absolute atomic E-state index is 0.0145. The molecule has 0 radical (unpaired) electrons. The number of nitrogens with zero attached hydrogens (tertiary/aromatic N) is 4. The maximum Gasteiger partial charge on any atom is 0.228 e. The number of rotatable bonds is 6. The molecule has 1 aliphatic rings. The Balaban J connectivity index is 0.000000318. The van der Waals surface area contributed by atoms with Crippen LogP contribution < -0.4 is 10.6 Å². The molecule has 170 valence electrons. The summed E-state index contributed by atoms with van der Waals surface area (Å²) in [6.07, 6.45) is 6.54. The number of aliphatic hydroxyl groups excluding tert-OH is 1. The molecule has 8 heteroatoms. The van der Waals surface area contributed by atoms with E-state index in [1.165, 1.54) is 11.9 Å². The molecule has 3 aromatic heterocycles. The number of aromatic nitrogens is 4. The van der Waals surface area contributed by atoms with Crippen molar-refractivity contribution < 1.29 is 9.90 Å². The fourth-order valence-electron chi connectivity index (χ4n) is 3.31. The molecule has 1 fully saturated rings. The molecule has 3 N–H and O–H groups in total. The summed E-state index contributed by atoms with van der Waals surface area (Å²) in [4.78, 5) is 24.7. The Bertz CT molecular complexity index is 1220. The highest BCUT2D eigenvalue weighted by Gasteiger charge is 2.29. The summed E-state index contributed by atoms with van der Waals surface area (Å²) in [5.74, 6) is 1.24. The van der Waals surface area contributed by atoms with Gasteiger partial charge in [0, 0.05) is 29.9 Å². The van der Waals surface area contributed by atoms with Crippen molar-refractivity contribution in [3.63, 3.8) is 0 Å². The highest BCUT2D eigenvalue weighted by atomic mass is 16.3. The van der Waals surface area contributed by atoms with Gasteiger partial charge in [0.15, 0.2) is 0 Å². The second-order valence-corrected chi connectivity index (χ2v) is 8.16. The van der Waals surface area contributed by atoms with Crippen LogP contribution in [0.1, 0.15) is 42.7 Å². The first-order valence-electron chi connectivity index (χ1n) is 11.0. The lowest BCUT2D eigenvalue weighted by atomic mass is 10.2. The van der Waals surface area contributed by atoms with Gasteiger partial charge >= 0.3 is 0 Å². The van der Waals surface area contributed by atoms with Gasteiger partial charge < -0.3 is 20.1 Å². The number of benzene rings is 1. The number of fused-ring (bicyclic) bond motifs is 1. The van der Waals surface area contributed by atoms with Crippen molar-refractivity contribution in [1.29, 1.82) is 0 Å². The van der Waals surface area contributed by atoms with Crippen molar-refractivity contribution in [3.8, 4) is 0 Å². The fourth-order valence-corrected chi connectivity index (χ4v) is 3.31. The van der Waals surface area contributed by atoms with Gasteiger partial charge in [-0.1, -0.05) is 42.0 Å². The molecule has 1 unspecified atom stereocenters. The molecule has 5 rings (SSSR count). The molecule has 1 aliphatic carbocycles. The monoisotopic (exact) mass is 444 g/mol. The van der Waals surface area contributed by atoms with Crippen LogP contribution >= 0.6 is 0 Å². The summed E-state index contributed by atoms with van der Waals surface area (Å²) in [5, 5.41) is 15.9. The van der Waals surface area contributed by atoms with Crippen LogP contribution in [-0.4, -0.2) is 30.4 Å². The van der Waals surface area contributed by atoms with E-state index >= 15 is 0 Å². The molecule has 8 nitrogen and oxygen atoms in total. The topological polar surface area (TPSA) is 104 Å². The molecule has 1 aromatic carbocycles. The van der Waals surface area contributed by atoms with Gasteiger partial charge in [0.05, 0.1) is 18.3 Å². The molecule has 1 amide bonds. The Labute approximate surface area is 192 Å². The van der Waals surface area contributed by atoms with E-state index in [4.69, 9.17) is 0 Å². The fraction of sp³-hybridized carbons (Fsp3) is 0.280. The Morgan fingerprint density at radius 3 is 2.58 bits per heavy atom. The standard InChI is InChI=1S/C18H20N6O2.C7H8/c1-11(25)14-3-2-6-24-9-13(22-17(14)24)8-19-15-7-16(21-10-20-15)23-18(26)12-4-5-12;1-7-5-3-2-4-6-7/h2-3,6-7,9-12,25H,4-5,8H2,1H3,(H2,19,20,21,23,26);2-6H,1H3. The van der Waals surface area contributed by atoms with Gasteiger partial charge in [-0.2, -0.15) is 0 Å². The Kier molecular flexibility index (Phi) is 6.95. The van der Waals surface area contributed by atoms with Crippen molar-refractivity contribution in [2.24, 2.45) is 5.92 Å². The smallest absolute Gasteiger partial charge is 0.228 e. The van der Waals surface area contributed by atoms with Crippen molar-refractivity contribution >= 4 is 23.2 Å². The van der Waals surface area contributed by atoms with Crippen molar-refractivity contribution in [2.45, 2.75) is 39.3 Å². The number of carbonyl (C=O) groups excluding carboxylic acids is 1. The molecule has 0 saturated heterocycles. The average molecular weight is 445 g/mol. The number of amides is 1. The number of imidazole rings is 1. The third-order valence-electron chi connectivity index (χ3n) is 5.27. The number of aryl methyl sites for hydroxylation is 1. The van der Waals surface area contributed by atoms with Crippen LogP contribution in [0.25, 0.3) is 5.65 Å². The number of anilines is 2. The predicted molar refractivity (Wildman–Crippen MR) is 128 cm³/mol. The highest BCUT2D eigenvalue weighted by Crippen LogP contribution is 2.30. The quantitative estimate of drug-likeness (QED) is 0.413. The first-order chi connectivity index (χ1) is 16.0. The molecule has 0 aliphatic heterocycles. The SMILES string of the molecule is CC(O)c1cccn2cc(CNc3cc(NC(=O)C4CC4)ncn3)nc12.Cc1ccccc1. The highest BCUT2D eigenvalue weighted by molar-refractivity contribution is 5.93. The maximum absolute atomic E-state index is 11.8. The van der Waals surface area contributed by atoms with Gasteiger partial charge in [-0.25, -0.2) is 15.0 Å². The summed E-state index contributed by atoms with van der Waals surface area (Å²) in [5.41, 5.74) is 3.66. The molecule has 3 heterocycles. The summed E-state index contributed by atoms with van der Waals surface area (Å²) in [6.45, 7) is 4.27. The second kappa shape index (κ2) is 10.2. The van der Waals surface area contributed by atoms with Crippen LogP contribution in [-0.2, 0) is 11.3 Å². The lowest BCUT2D eigenvalue weighted by Gasteiger charge is -2.06. The number of hydrogen-bond donors (Lipinski definition) is 3. The molecular weight excluding hydrogens is 416 g/mol. The van der Waals surface area contributed by atoms with Crippen LogP contribution in [0.3, 0.4) is 0 Å². The minimum Gasteiger partial charge on any atom is -0.389 e. The second-order valence-electron chi connectivity index (χ2n) is 8.16. The zero-order valence-electron chi connectivity index (χ0n) is 18.8. The normalized spacial score (nSPS) is 13.7. The van der Waals surface area contributed by atoms with Gasteiger partial charge in [0.2, 0.25) is 5.91 Å². The third kappa shape index (κ3) is 6.14. The van der Waals surface area contributed by atoms with Crippen LogP contribution in [0, 0.1) is 12.8 Å². The van der Waals surface area contributed by atoms with Crippen LogP contribution in [0.15, 0.2) is 67.3 Å². The van der Waals surface area contributed by atoms with Crippen molar-refractivity contribution in [3.05, 3.63) is 84.1 Å². The van der Waals surface area contributed by atoms with E-state index in [1.54, 1.807) is 13.0 Å². The molecular formula is C25H28N6O2. The van der Waals surface area contributed by atoms with E-state index in [2.05, 4.69) is 44.6 Å². The van der Waals surface area contributed by atoms with Crippen LogP contribution in [0.4, 0.5) is 11.6 Å². The van der Waals surface area contributed by atoms with E-state index < -0.39 is 6.10 Å². The van der Waals surface area contributed by atoms with E-state index in [0.717, 1.165) is 29.7 Å². The zero-order valence-corrected chi connectivity index (χ0v) is 18.8. The van der Waals surface area contributed by atoms with E-state index in [0.29, 0.717) is 18.2 Å². The Morgan fingerprint density at radius 2 is 1.91 bits per heavy atom. The Hall–Kier alpha value is -3.78. The van der Waals surface area contributed by atoms with Crippen LogP contribution in [0.5, 0.6) is 0 Å². The van der Waals surface area contributed by atoms with E-state index in [-0.39, 0.29) is 11.8 Å². The van der Waals surface area contributed by atoms with Gasteiger partial charge in [0.1, 0.15) is 23.6 Å². The number of hydrogen-bond acceptors (Lipinski definition) is 6. The molecule has 1 saturated carbocycles. The van der Waals surface area contributed by atoms with Crippen LogP contribution in [0.2, 0.25) is 0 Å². The van der Waals surface area contributed by atoms with Gasteiger partial charge in [-0.05, 0) is 32.8 Å². The lowest BCUT2D eigenvalue weighted by Crippen LogP contribution is -2.14. The number of pyridine rings is 1. The van der Waals surface area contributed by atoms with E-state index in [9.17, 15) is 9.90 Å². The number of aliphatic hydroxyl groups is 1. The number of carbonyl (C=O) groups is 1. The first kappa shape index (κ1) is 22.4.